The first-order valence-corrected chi connectivity index (χ1v) is 9.63. The molecule has 0 aliphatic rings. The Morgan fingerprint density at radius 3 is 2.54 bits per heavy atom. The third-order valence-corrected chi connectivity index (χ3v) is 5.22. The van der Waals surface area contributed by atoms with Crippen LogP contribution in [0.5, 0.6) is 0 Å². The van der Waals surface area contributed by atoms with Crippen LogP contribution in [0.4, 0.5) is 5.69 Å². The van der Waals surface area contributed by atoms with Crippen LogP contribution in [0.25, 0.3) is 0 Å². The molecule has 1 aromatic heterocycles. The molecule has 0 saturated carbocycles. The smallest absolute Gasteiger partial charge is 0.238 e. The van der Waals surface area contributed by atoms with Crippen LogP contribution < -0.4 is 5.32 Å². The van der Waals surface area contributed by atoms with Crippen molar-refractivity contribution in [3.8, 4) is 0 Å². The van der Waals surface area contributed by atoms with Gasteiger partial charge in [-0.05, 0) is 56.5 Å². The molecule has 140 valence electrons. The van der Waals surface area contributed by atoms with Crippen molar-refractivity contribution in [3.05, 3.63) is 51.7 Å². The quantitative estimate of drug-likeness (QED) is 0.773. The maximum Gasteiger partial charge on any atom is 0.238 e. The first-order chi connectivity index (χ1) is 12.4. The van der Waals surface area contributed by atoms with E-state index in [2.05, 4.69) is 5.32 Å². The summed E-state index contributed by atoms with van der Waals surface area (Å²) in [5.74, 6) is -0.0850. The van der Waals surface area contributed by atoms with Crippen LogP contribution in [0.2, 0.25) is 0 Å². The molecule has 2 amide bonds. The molecule has 1 N–H and O–H groups in total. The number of likely N-dealkylation sites (N-methyl/N-ethyl adjacent to an activating group) is 2. The Morgan fingerprint density at radius 1 is 1.12 bits per heavy atom. The fraction of sp³-hybridized carbons (Fsp3) is 0.400. The highest BCUT2D eigenvalue weighted by molar-refractivity contribution is 7.09. The molecule has 0 fully saturated rings. The summed E-state index contributed by atoms with van der Waals surface area (Å²) < 4.78 is 0. The lowest BCUT2D eigenvalue weighted by Crippen LogP contribution is -2.41. The maximum atomic E-state index is 12.5. The average molecular weight is 374 g/mol. The summed E-state index contributed by atoms with van der Waals surface area (Å²) in [5, 5.41) is 4.94. The number of thiophene rings is 1. The van der Waals surface area contributed by atoms with Crippen molar-refractivity contribution < 1.29 is 9.59 Å². The van der Waals surface area contributed by atoms with Gasteiger partial charge in [-0.15, -0.1) is 11.3 Å². The fourth-order valence-electron chi connectivity index (χ4n) is 2.68. The van der Waals surface area contributed by atoms with E-state index in [4.69, 9.17) is 0 Å². The number of nitrogens with zero attached hydrogens (tertiary/aromatic N) is 2. The highest BCUT2D eigenvalue weighted by Crippen LogP contribution is 2.17. The number of carbonyl (C=O) groups excluding carboxylic acids is 2. The normalized spacial score (nSPS) is 10.8. The number of rotatable bonds is 8. The lowest BCUT2D eigenvalue weighted by molar-refractivity contribution is -0.132. The van der Waals surface area contributed by atoms with E-state index < -0.39 is 0 Å². The van der Waals surface area contributed by atoms with E-state index in [-0.39, 0.29) is 24.9 Å². The van der Waals surface area contributed by atoms with Crippen LogP contribution in [-0.4, -0.2) is 48.3 Å². The van der Waals surface area contributed by atoms with Crippen molar-refractivity contribution in [2.45, 2.75) is 27.3 Å². The van der Waals surface area contributed by atoms with E-state index in [1.54, 1.807) is 23.3 Å². The second kappa shape index (κ2) is 9.50. The zero-order valence-corrected chi connectivity index (χ0v) is 16.7. The number of hydrogen-bond donors (Lipinski definition) is 1. The molecule has 0 atom stereocenters. The standard InChI is InChI=1S/C20H27N3O2S/c1-5-23(12-17-9-7-11-26-17)20(25)14-22(4)13-19(24)21-18-10-6-8-15(2)16(18)3/h6-11H,5,12-14H2,1-4H3,(H,21,24). The largest absolute Gasteiger partial charge is 0.337 e. The average Bonchev–Trinajstić information content (AvgIpc) is 3.09. The predicted octanol–water partition coefficient (Wildman–Crippen LogP) is 3.28. The summed E-state index contributed by atoms with van der Waals surface area (Å²) in [5.41, 5.74) is 3.02. The van der Waals surface area contributed by atoms with Crippen molar-refractivity contribution in [1.82, 2.24) is 9.80 Å². The van der Waals surface area contributed by atoms with Crippen molar-refractivity contribution >= 4 is 28.8 Å². The van der Waals surface area contributed by atoms with Crippen LogP contribution in [0.15, 0.2) is 35.7 Å². The van der Waals surface area contributed by atoms with Crippen molar-refractivity contribution in [2.24, 2.45) is 0 Å². The third-order valence-electron chi connectivity index (χ3n) is 4.36. The highest BCUT2D eigenvalue weighted by Gasteiger charge is 2.17. The molecule has 0 unspecified atom stereocenters. The summed E-state index contributed by atoms with van der Waals surface area (Å²) >= 11 is 1.65. The molecule has 0 bridgehead atoms. The monoisotopic (exact) mass is 373 g/mol. The minimum Gasteiger partial charge on any atom is -0.337 e. The van der Waals surface area contributed by atoms with Crippen LogP contribution in [0.3, 0.4) is 0 Å². The molecule has 1 heterocycles. The van der Waals surface area contributed by atoms with Gasteiger partial charge < -0.3 is 10.2 Å². The van der Waals surface area contributed by atoms with Gasteiger partial charge in [-0.25, -0.2) is 0 Å². The number of nitrogens with one attached hydrogen (secondary N) is 1. The topological polar surface area (TPSA) is 52.7 Å². The van der Waals surface area contributed by atoms with Crippen molar-refractivity contribution in [3.63, 3.8) is 0 Å². The van der Waals surface area contributed by atoms with E-state index in [0.29, 0.717) is 13.1 Å². The summed E-state index contributed by atoms with van der Waals surface area (Å²) in [6.07, 6.45) is 0. The molecule has 0 radical (unpaired) electrons. The molecule has 0 spiro atoms. The zero-order valence-electron chi connectivity index (χ0n) is 15.9. The van der Waals surface area contributed by atoms with Crippen LogP contribution in [-0.2, 0) is 16.1 Å². The Morgan fingerprint density at radius 2 is 1.88 bits per heavy atom. The minimum atomic E-state index is -0.115. The molecule has 0 aliphatic heterocycles. The van der Waals surface area contributed by atoms with Gasteiger partial charge >= 0.3 is 0 Å². The second-order valence-corrected chi connectivity index (χ2v) is 7.49. The molecule has 5 nitrogen and oxygen atoms in total. The molecule has 6 heteroatoms. The predicted molar refractivity (Wildman–Crippen MR) is 107 cm³/mol. The van der Waals surface area contributed by atoms with E-state index in [9.17, 15) is 9.59 Å². The molecule has 26 heavy (non-hydrogen) atoms. The van der Waals surface area contributed by atoms with Gasteiger partial charge in [-0.2, -0.15) is 0 Å². The minimum absolute atomic E-state index is 0.0305. The second-order valence-electron chi connectivity index (χ2n) is 6.46. The number of amides is 2. The highest BCUT2D eigenvalue weighted by atomic mass is 32.1. The summed E-state index contributed by atoms with van der Waals surface area (Å²) in [6.45, 7) is 7.65. The third kappa shape index (κ3) is 5.68. The number of hydrogen-bond acceptors (Lipinski definition) is 4. The zero-order chi connectivity index (χ0) is 19.1. The fourth-order valence-corrected chi connectivity index (χ4v) is 3.39. The molecular weight excluding hydrogens is 346 g/mol. The van der Waals surface area contributed by atoms with Gasteiger partial charge in [0.2, 0.25) is 11.8 Å². The Balaban J connectivity index is 1.86. The lowest BCUT2D eigenvalue weighted by Gasteiger charge is -2.23. The van der Waals surface area contributed by atoms with Gasteiger partial charge in [0.15, 0.2) is 0 Å². The van der Waals surface area contributed by atoms with E-state index in [1.165, 1.54) is 0 Å². The number of carbonyl (C=O) groups is 2. The van der Waals surface area contributed by atoms with E-state index in [1.807, 2.05) is 61.4 Å². The Hall–Kier alpha value is -2.18. The van der Waals surface area contributed by atoms with Crippen molar-refractivity contribution in [1.29, 1.82) is 0 Å². The molecule has 0 saturated heterocycles. The number of benzene rings is 1. The van der Waals surface area contributed by atoms with Gasteiger partial charge in [0, 0.05) is 17.1 Å². The molecule has 0 aliphatic carbocycles. The number of aryl methyl sites for hydroxylation is 1. The first kappa shape index (κ1) is 20.1. The van der Waals surface area contributed by atoms with Gasteiger partial charge in [0.1, 0.15) is 0 Å². The van der Waals surface area contributed by atoms with Gasteiger partial charge in [-0.3, -0.25) is 14.5 Å². The summed E-state index contributed by atoms with van der Waals surface area (Å²) in [4.78, 5) is 29.5. The van der Waals surface area contributed by atoms with Crippen LogP contribution >= 0.6 is 11.3 Å². The Kier molecular flexibility index (Phi) is 7.36. The maximum absolute atomic E-state index is 12.5. The number of anilines is 1. The van der Waals surface area contributed by atoms with Crippen LogP contribution in [0, 0.1) is 13.8 Å². The summed E-state index contributed by atoms with van der Waals surface area (Å²) in [7, 11) is 1.79. The van der Waals surface area contributed by atoms with Gasteiger partial charge in [0.25, 0.3) is 0 Å². The molecular formula is C20H27N3O2S. The van der Waals surface area contributed by atoms with Crippen LogP contribution in [0.1, 0.15) is 22.9 Å². The SMILES string of the molecule is CCN(Cc1cccs1)C(=O)CN(C)CC(=O)Nc1cccc(C)c1C. The first-order valence-electron chi connectivity index (χ1n) is 8.75. The Bertz CT molecular complexity index is 744. The molecule has 2 rings (SSSR count). The van der Waals surface area contributed by atoms with Crippen molar-refractivity contribution in [2.75, 3.05) is 32.0 Å². The van der Waals surface area contributed by atoms with Gasteiger partial charge in [0.05, 0.1) is 19.6 Å². The summed E-state index contributed by atoms with van der Waals surface area (Å²) in [6, 6.07) is 9.85. The molecule has 2 aromatic rings. The van der Waals surface area contributed by atoms with E-state index in [0.717, 1.165) is 21.7 Å². The lowest BCUT2D eigenvalue weighted by atomic mass is 10.1. The van der Waals surface area contributed by atoms with Gasteiger partial charge in [-0.1, -0.05) is 18.2 Å². The van der Waals surface area contributed by atoms with E-state index >= 15 is 0 Å². The Labute approximate surface area is 159 Å². The molecule has 1 aromatic carbocycles.